The monoisotopic (exact) mass is 261 g/mol. The summed E-state index contributed by atoms with van der Waals surface area (Å²) in [7, 11) is 1.84. The molecule has 1 unspecified atom stereocenters. The molecule has 0 amide bonds. The Morgan fingerprint density at radius 3 is 2.56 bits per heavy atom. The molecule has 18 heavy (non-hydrogen) atoms. The number of carboxylic acids is 1. The van der Waals surface area contributed by atoms with Crippen molar-refractivity contribution in [2.75, 3.05) is 7.05 Å². The maximum atomic E-state index is 11.4. The van der Waals surface area contributed by atoms with Crippen LogP contribution < -0.4 is 0 Å². The van der Waals surface area contributed by atoms with E-state index >= 15 is 0 Å². The standard InChI is InChI=1S/C14H15NO2S/c1-15(10-12-8-5-9-18-12)13(14(16)17)11-6-3-2-4-7-11/h2-9,13H,10H2,1H3,(H,16,17). The molecular weight excluding hydrogens is 246 g/mol. The Bertz CT molecular complexity index is 496. The summed E-state index contributed by atoms with van der Waals surface area (Å²) < 4.78 is 0. The average molecular weight is 261 g/mol. The number of carboxylic acid groups (broad SMARTS) is 1. The highest BCUT2D eigenvalue weighted by atomic mass is 32.1. The molecule has 0 saturated heterocycles. The lowest BCUT2D eigenvalue weighted by atomic mass is 10.1. The van der Waals surface area contributed by atoms with Crippen LogP contribution in [0, 0.1) is 0 Å². The van der Waals surface area contributed by atoms with Gasteiger partial charge in [-0.2, -0.15) is 0 Å². The summed E-state index contributed by atoms with van der Waals surface area (Å²) in [6.07, 6.45) is 0. The van der Waals surface area contributed by atoms with Gasteiger partial charge in [0.05, 0.1) is 0 Å². The number of thiophene rings is 1. The van der Waals surface area contributed by atoms with E-state index in [2.05, 4.69) is 0 Å². The van der Waals surface area contributed by atoms with Gasteiger partial charge in [0, 0.05) is 11.4 Å². The minimum Gasteiger partial charge on any atom is -0.480 e. The first-order valence-electron chi connectivity index (χ1n) is 5.69. The second-order valence-corrected chi connectivity index (χ2v) is 5.18. The smallest absolute Gasteiger partial charge is 0.325 e. The van der Waals surface area contributed by atoms with E-state index in [9.17, 15) is 9.90 Å². The highest BCUT2D eigenvalue weighted by Crippen LogP contribution is 2.22. The molecule has 0 spiro atoms. The van der Waals surface area contributed by atoms with Gasteiger partial charge in [0.15, 0.2) is 0 Å². The maximum absolute atomic E-state index is 11.4. The predicted octanol–water partition coefficient (Wildman–Crippen LogP) is 3.01. The molecule has 0 aliphatic carbocycles. The molecular formula is C14H15NO2S. The Labute approximate surface area is 110 Å². The average Bonchev–Trinajstić information content (AvgIpc) is 2.83. The lowest BCUT2D eigenvalue weighted by Gasteiger charge is -2.24. The number of carbonyl (C=O) groups is 1. The molecule has 94 valence electrons. The van der Waals surface area contributed by atoms with E-state index in [-0.39, 0.29) is 0 Å². The van der Waals surface area contributed by atoms with E-state index in [1.165, 1.54) is 4.88 Å². The van der Waals surface area contributed by atoms with Crippen LogP contribution in [0.2, 0.25) is 0 Å². The van der Waals surface area contributed by atoms with Crippen LogP contribution in [0.3, 0.4) is 0 Å². The van der Waals surface area contributed by atoms with Crippen molar-refractivity contribution in [3.05, 3.63) is 58.3 Å². The van der Waals surface area contributed by atoms with E-state index in [1.807, 2.05) is 59.8 Å². The third kappa shape index (κ3) is 2.97. The van der Waals surface area contributed by atoms with Gasteiger partial charge >= 0.3 is 5.97 Å². The van der Waals surface area contributed by atoms with Gasteiger partial charge < -0.3 is 5.11 Å². The highest BCUT2D eigenvalue weighted by molar-refractivity contribution is 7.09. The molecule has 0 saturated carbocycles. The Hall–Kier alpha value is -1.65. The summed E-state index contributed by atoms with van der Waals surface area (Å²) >= 11 is 1.64. The summed E-state index contributed by atoms with van der Waals surface area (Å²) in [5, 5.41) is 11.4. The van der Waals surface area contributed by atoms with Crippen molar-refractivity contribution in [3.63, 3.8) is 0 Å². The third-order valence-electron chi connectivity index (χ3n) is 2.78. The van der Waals surface area contributed by atoms with E-state index in [0.29, 0.717) is 6.54 Å². The molecule has 0 aliphatic heterocycles. The van der Waals surface area contributed by atoms with Gasteiger partial charge in [-0.3, -0.25) is 9.69 Å². The zero-order chi connectivity index (χ0) is 13.0. The summed E-state index contributed by atoms with van der Waals surface area (Å²) in [6, 6.07) is 12.7. The number of hydrogen-bond acceptors (Lipinski definition) is 3. The largest absolute Gasteiger partial charge is 0.480 e. The number of nitrogens with zero attached hydrogens (tertiary/aromatic N) is 1. The maximum Gasteiger partial charge on any atom is 0.325 e. The fourth-order valence-electron chi connectivity index (χ4n) is 1.96. The van der Waals surface area contributed by atoms with E-state index in [4.69, 9.17) is 0 Å². The van der Waals surface area contributed by atoms with Crippen LogP contribution >= 0.6 is 11.3 Å². The summed E-state index contributed by atoms with van der Waals surface area (Å²) in [5.41, 5.74) is 0.809. The van der Waals surface area contributed by atoms with Crippen molar-refractivity contribution in [1.29, 1.82) is 0 Å². The van der Waals surface area contributed by atoms with Crippen molar-refractivity contribution < 1.29 is 9.90 Å². The van der Waals surface area contributed by atoms with Gasteiger partial charge in [-0.15, -0.1) is 11.3 Å². The Balaban J connectivity index is 2.18. The molecule has 1 heterocycles. The zero-order valence-corrected chi connectivity index (χ0v) is 10.9. The van der Waals surface area contributed by atoms with E-state index < -0.39 is 12.0 Å². The topological polar surface area (TPSA) is 40.5 Å². The first-order chi connectivity index (χ1) is 8.68. The fraction of sp³-hybridized carbons (Fsp3) is 0.214. The van der Waals surface area contributed by atoms with Crippen LogP contribution in [-0.2, 0) is 11.3 Å². The lowest BCUT2D eigenvalue weighted by Crippen LogP contribution is -2.30. The fourth-order valence-corrected chi connectivity index (χ4v) is 2.73. The quantitative estimate of drug-likeness (QED) is 0.899. The van der Waals surface area contributed by atoms with Crippen molar-refractivity contribution in [1.82, 2.24) is 4.90 Å². The van der Waals surface area contributed by atoms with Crippen LogP contribution in [0.5, 0.6) is 0 Å². The number of benzene rings is 1. The number of rotatable bonds is 5. The summed E-state index contributed by atoms with van der Waals surface area (Å²) in [6.45, 7) is 0.642. The number of likely N-dealkylation sites (N-methyl/N-ethyl adjacent to an activating group) is 1. The molecule has 2 rings (SSSR count). The Kier molecular flexibility index (Phi) is 4.12. The molecule has 1 atom stereocenters. The van der Waals surface area contributed by atoms with Crippen molar-refractivity contribution in [2.45, 2.75) is 12.6 Å². The van der Waals surface area contributed by atoms with Crippen molar-refractivity contribution >= 4 is 17.3 Å². The van der Waals surface area contributed by atoms with E-state index in [1.54, 1.807) is 11.3 Å². The number of hydrogen-bond donors (Lipinski definition) is 1. The van der Waals surface area contributed by atoms with Gasteiger partial charge in [0.2, 0.25) is 0 Å². The molecule has 0 fully saturated rings. The third-order valence-corrected chi connectivity index (χ3v) is 3.64. The van der Waals surface area contributed by atoms with Gasteiger partial charge in [-0.1, -0.05) is 36.4 Å². The molecule has 2 aromatic rings. The molecule has 0 aliphatic rings. The minimum absolute atomic E-state index is 0.603. The van der Waals surface area contributed by atoms with Crippen LogP contribution in [0.15, 0.2) is 47.8 Å². The first-order valence-corrected chi connectivity index (χ1v) is 6.57. The van der Waals surface area contributed by atoms with Crippen molar-refractivity contribution in [2.24, 2.45) is 0 Å². The molecule has 0 radical (unpaired) electrons. The SMILES string of the molecule is CN(Cc1cccs1)C(C(=O)O)c1ccccc1. The second kappa shape index (κ2) is 5.80. The molecule has 0 bridgehead atoms. The highest BCUT2D eigenvalue weighted by Gasteiger charge is 2.24. The Morgan fingerprint density at radius 2 is 2.00 bits per heavy atom. The Morgan fingerprint density at radius 1 is 1.28 bits per heavy atom. The predicted molar refractivity (Wildman–Crippen MR) is 72.6 cm³/mol. The second-order valence-electron chi connectivity index (χ2n) is 4.15. The summed E-state index contributed by atoms with van der Waals surface area (Å²) in [5.74, 6) is -0.819. The van der Waals surface area contributed by atoms with Crippen molar-refractivity contribution in [3.8, 4) is 0 Å². The van der Waals surface area contributed by atoms with E-state index in [0.717, 1.165) is 5.56 Å². The number of aliphatic carboxylic acids is 1. The van der Waals surface area contributed by atoms with Gasteiger partial charge in [-0.25, -0.2) is 0 Å². The van der Waals surface area contributed by atoms with Gasteiger partial charge in [0.25, 0.3) is 0 Å². The first kappa shape index (κ1) is 12.8. The zero-order valence-electron chi connectivity index (χ0n) is 10.1. The minimum atomic E-state index is -0.819. The molecule has 3 nitrogen and oxygen atoms in total. The van der Waals surface area contributed by atoms with Gasteiger partial charge in [-0.05, 0) is 24.1 Å². The van der Waals surface area contributed by atoms with Gasteiger partial charge in [0.1, 0.15) is 6.04 Å². The molecule has 4 heteroatoms. The molecule has 1 aromatic carbocycles. The normalized spacial score (nSPS) is 12.6. The molecule has 1 aromatic heterocycles. The van der Waals surface area contributed by atoms with Crippen LogP contribution in [-0.4, -0.2) is 23.0 Å². The van der Waals surface area contributed by atoms with Crippen LogP contribution in [0.4, 0.5) is 0 Å². The summed E-state index contributed by atoms with van der Waals surface area (Å²) in [4.78, 5) is 14.4. The van der Waals surface area contributed by atoms with Crippen LogP contribution in [0.25, 0.3) is 0 Å². The lowest BCUT2D eigenvalue weighted by molar-refractivity contribution is -0.143. The van der Waals surface area contributed by atoms with Crippen LogP contribution in [0.1, 0.15) is 16.5 Å². The molecule has 1 N–H and O–H groups in total.